The first-order valence-corrected chi connectivity index (χ1v) is 5.38. The third-order valence-electron chi connectivity index (χ3n) is 2.33. The highest BCUT2D eigenvalue weighted by Crippen LogP contribution is 2.21. The number of hydrogen-bond acceptors (Lipinski definition) is 4. The van der Waals surface area contributed by atoms with Gasteiger partial charge in [0.1, 0.15) is 0 Å². The van der Waals surface area contributed by atoms with E-state index in [1.165, 1.54) is 13.2 Å². The molecule has 0 amide bonds. The van der Waals surface area contributed by atoms with Gasteiger partial charge in [-0.15, -0.1) is 0 Å². The fourth-order valence-electron chi connectivity index (χ4n) is 1.33. The van der Waals surface area contributed by atoms with Crippen molar-refractivity contribution in [1.82, 2.24) is 5.48 Å². The molecule has 1 atom stereocenters. The molecule has 0 saturated heterocycles. The van der Waals surface area contributed by atoms with Gasteiger partial charge in [0.25, 0.3) is 0 Å². The highest BCUT2D eigenvalue weighted by Gasteiger charge is 2.09. The lowest BCUT2D eigenvalue weighted by Gasteiger charge is -2.14. The molecule has 1 aromatic carbocycles. The number of methoxy groups -OCH3 is 2. The molecular weight excluding hydrogens is 225 g/mol. The molecule has 0 bridgehead atoms. The van der Waals surface area contributed by atoms with E-state index >= 15 is 0 Å². The molecule has 96 valence electrons. The Kier molecular flexibility index (Phi) is 5.90. The van der Waals surface area contributed by atoms with E-state index in [2.05, 4.69) is 5.48 Å². The molecule has 0 aliphatic carbocycles. The lowest BCUT2D eigenvalue weighted by Crippen LogP contribution is -2.21. The molecule has 1 rings (SSSR count). The number of hydroxylamine groups is 1. The average Bonchev–Trinajstić information content (AvgIpc) is 2.34. The minimum absolute atomic E-state index is 0.104. The summed E-state index contributed by atoms with van der Waals surface area (Å²) in [6.45, 7) is 2.84. The summed E-state index contributed by atoms with van der Waals surface area (Å²) in [6.07, 6.45) is 0. The normalized spacial score (nSPS) is 12.5. The Hall–Kier alpha value is -1.17. The monoisotopic (exact) mass is 243 g/mol. The molecule has 0 aromatic heterocycles. The molecule has 1 unspecified atom stereocenters. The standard InChI is InChI=1S/C12H18FNO3/c1-9(14-17-7-6-15-2)10-4-5-12(16-3)11(13)8-10/h4-5,8-9,14H,6-7H2,1-3H3. The van der Waals surface area contributed by atoms with Crippen LogP contribution < -0.4 is 10.2 Å². The Morgan fingerprint density at radius 1 is 1.29 bits per heavy atom. The number of hydrogen-bond donors (Lipinski definition) is 1. The number of ether oxygens (including phenoxy) is 2. The van der Waals surface area contributed by atoms with E-state index in [-0.39, 0.29) is 17.6 Å². The van der Waals surface area contributed by atoms with Crippen molar-refractivity contribution < 1.29 is 18.7 Å². The molecule has 0 spiro atoms. The molecule has 17 heavy (non-hydrogen) atoms. The van der Waals surface area contributed by atoms with Crippen molar-refractivity contribution in [2.24, 2.45) is 0 Å². The van der Waals surface area contributed by atoms with Crippen molar-refractivity contribution in [3.63, 3.8) is 0 Å². The summed E-state index contributed by atoms with van der Waals surface area (Å²) in [7, 11) is 3.04. The van der Waals surface area contributed by atoms with Crippen LogP contribution in [0.2, 0.25) is 0 Å². The van der Waals surface area contributed by atoms with Crippen LogP contribution >= 0.6 is 0 Å². The van der Waals surface area contributed by atoms with Crippen LogP contribution in [0, 0.1) is 5.82 Å². The molecule has 1 N–H and O–H groups in total. The molecule has 0 radical (unpaired) electrons. The number of benzene rings is 1. The summed E-state index contributed by atoms with van der Waals surface area (Å²) in [5.74, 6) is -0.142. The molecule has 0 fully saturated rings. The molecule has 0 aliphatic heterocycles. The lowest BCUT2D eigenvalue weighted by molar-refractivity contribution is -0.00929. The second-order valence-electron chi connectivity index (χ2n) is 3.57. The molecule has 0 aliphatic rings. The van der Waals surface area contributed by atoms with Crippen molar-refractivity contribution in [3.8, 4) is 5.75 Å². The van der Waals surface area contributed by atoms with Gasteiger partial charge < -0.3 is 9.47 Å². The minimum atomic E-state index is -0.379. The van der Waals surface area contributed by atoms with Crippen molar-refractivity contribution in [2.45, 2.75) is 13.0 Å². The van der Waals surface area contributed by atoms with Crippen LogP contribution in [-0.2, 0) is 9.57 Å². The van der Waals surface area contributed by atoms with Crippen LogP contribution in [0.3, 0.4) is 0 Å². The third-order valence-corrected chi connectivity index (χ3v) is 2.33. The van der Waals surface area contributed by atoms with Gasteiger partial charge in [-0.1, -0.05) is 6.07 Å². The van der Waals surface area contributed by atoms with Gasteiger partial charge in [0, 0.05) is 7.11 Å². The fraction of sp³-hybridized carbons (Fsp3) is 0.500. The van der Waals surface area contributed by atoms with Gasteiger partial charge in [0.2, 0.25) is 0 Å². The Morgan fingerprint density at radius 3 is 2.65 bits per heavy atom. The first-order valence-electron chi connectivity index (χ1n) is 5.38. The largest absolute Gasteiger partial charge is 0.494 e. The van der Waals surface area contributed by atoms with Gasteiger partial charge in [0.05, 0.1) is 26.4 Å². The van der Waals surface area contributed by atoms with Crippen LogP contribution in [0.1, 0.15) is 18.5 Å². The van der Waals surface area contributed by atoms with Crippen molar-refractivity contribution in [1.29, 1.82) is 0 Å². The average molecular weight is 243 g/mol. The maximum atomic E-state index is 13.4. The number of halogens is 1. The van der Waals surface area contributed by atoms with Gasteiger partial charge in [-0.2, -0.15) is 5.48 Å². The molecule has 0 saturated carbocycles. The van der Waals surface area contributed by atoms with Crippen LogP contribution in [0.15, 0.2) is 18.2 Å². The molecule has 5 heteroatoms. The van der Waals surface area contributed by atoms with E-state index in [0.29, 0.717) is 13.2 Å². The van der Waals surface area contributed by atoms with Crippen LogP contribution in [-0.4, -0.2) is 27.4 Å². The minimum Gasteiger partial charge on any atom is -0.494 e. The van der Waals surface area contributed by atoms with Crippen LogP contribution in [0.5, 0.6) is 5.75 Å². The molecule has 4 nitrogen and oxygen atoms in total. The number of nitrogens with one attached hydrogen (secondary N) is 1. The summed E-state index contributed by atoms with van der Waals surface area (Å²) in [4.78, 5) is 5.16. The van der Waals surface area contributed by atoms with Gasteiger partial charge in [-0.05, 0) is 24.6 Å². The van der Waals surface area contributed by atoms with Crippen molar-refractivity contribution in [2.75, 3.05) is 27.4 Å². The topological polar surface area (TPSA) is 39.7 Å². The second-order valence-corrected chi connectivity index (χ2v) is 3.57. The lowest BCUT2D eigenvalue weighted by atomic mass is 10.1. The summed E-state index contributed by atoms with van der Waals surface area (Å²) in [6, 6.07) is 4.71. The van der Waals surface area contributed by atoms with E-state index < -0.39 is 0 Å². The zero-order valence-corrected chi connectivity index (χ0v) is 10.3. The van der Waals surface area contributed by atoms with Crippen LogP contribution in [0.4, 0.5) is 4.39 Å². The number of rotatable bonds is 7. The quantitative estimate of drug-likeness (QED) is 0.588. The first-order chi connectivity index (χ1) is 8.19. The summed E-state index contributed by atoms with van der Waals surface area (Å²) >= 11 is 0. The van der Waals surface area contributed by atoms with E-state index in [1.807, 2.05) is 6.92 Å². The fourth-order valence-corrected chi connectivity index (χ4v) is 1.33. The van der Waals surface area contributed by atoms with Crippen molar-refractivity contribution in [3.05, 3.63) is 29.6 Å². The highest BCUT2D eigenvalue weighted by molar-refractivity contribution is 5.30. The maximum Gasteiger partial charge on any atom is 0.165 e. The van der Waals surface area contributed by atoms with Gasteiger partial charge in [-0.3, -0.25) is 4.84 Å². The zero-order valence-electron chi connectivity index (χ0n) is 10.3. The summed E-state index contributed by atoms with van der Waals surface area (Å²) < 4.78 is 23.1. The Labute approximate surface area is 101 Å². The van der Waals surface area contributed by atoms with E-state index in [0.717, 1.165) is 5.56 Å². The molecule has 1 aromatic rings. The van der Waals surface area contributed by atoms with E-state index in [4.69, 9.17) is 14.3 Å². The van der Waals surface area contributed by atoms with Crippen LogP contribution in [0.25, 0.3) is 0 Å². The summed E-state index contributed by atoms with van der Waals surface area (Å²) in [5.41, 5.74) is 3.60. The SMILES string of the molecule is COCCONC(C)c1ccc(OC)c(F)c1. The van der Waals surface area contributed by atoms with E-state index in [9.17, 15) is 4.39 Å². The second kappa shape index (κ2) is 7.21. The molecule has 0 heterocycles. The zero-order chi connectivity index (χ0) is 12.7. The smallest absolute Gasteiger partial charge is 0.165 e. The van der Waals surface area contributed by atoms with Gasteiger partial charge in [-0.25, -0.2) is 4.39 Å². The maximum absolute atomic E-state index is 13.4. The first kappa shape index (κ1) is 13.9. The van der Waals surface area contributed by atoms with E-state index in [1.54, 1.807) is 19.2 Å². The summed E-state index contributed by atoms with van der Waals surface area (Å²) in [5, 5.41) is 0. The van der Waals surface area contributed by atoms with Gasteiger partial charge >= 0.3 is 0 Å². The van der Waals surface area contributed by atoms with Crippen molar-refractivity contribution >= 4 is 0 Å². The highest BCUT2D eigenvalue weighted by atomic mass is 19.1. The molecular formula is C12H18FNO3. The predicted octanol–water partition coefficient (Wildman–Crippen LogP) is 2.06. The van der Waals surface area contributed by atoms with Gasteiger partial charge in [0.15, 0.2) is 11.6 Å². The Morgan fingerprint density at radius 2 is 2.06 bits per heavy atom. The predicted molar refractivity (Wildman–Crippen MR) is 62.3 cm³/mol. The Balaban J connectivity index is 2.51. The Bertz CT molecular complexity index is 347. The third kappa shape index (κ3) is 4.30.